The predicted molar refractivity (Wildman–Crippen MR) is 77.6 cm³/mol. The van der Waals surface area contributed by atoms with Gasteiger partial charge in [0.15, 0.2) is 0 Å². The zero-order valence-electron chi connectivity index (χ0n) is 12.2. The van der Waals surface area contributed by atoms with Crippen molar-refractivity contribution in [3.63, 3.8) is 0 Å². The summed E-state index contributed by atoms with van der Waals surface area (Å²) in [6.45, 7) is 1.50. The number of rotatable bonds is 5. The number of aryl methyl sites for hydroxylation is 1. The molecule has 1 aromatic carbocycles. The Hall–Kier alpha value is -0.772. The molecule has 0 aromatic heterocycles. The summed E-state index contributed by atoms with van der Waals surface area (Å²) >= 11 is -2.85. The van der Waals surface area contributed by atoms with E-state index in [2.05, 4.69) is 0 Å². The van der Waals surface area contributed by atoms with Gasteiger partial charge in [0.25, 0.3) is 0 Å². The number of benzene rings is 1. The van der Waals surface area contributed by atoms with Crippen LogP contribution in [0.25, 0.3) is 0 Å². The summed E-state index contributed by atoms with van der Waals surface area (Å²) in [6.07, 6.45) is -5.76. The number of hydrogen-bond donors (Lipinski definition) is 3. The number of carbonyl (C=O) groups is 1. The smallest absolute Gasteiger partial charge is 0.412 e. The van der Waals surface area contributed by atoms with Crippen LogP contribution < -0.4 is 8.62 Å². The number of aliphatic hydroxyl groups is 3. The van der Waals surface area contributed by atoms with Gasteiger partial charge >= 0.3 is 130 Å². The van der Waals surface area contributed by atoms with Gasteiger partial charge in [-0.05, 0) is 0 Å². The molecule has 10 heteroatoms. The van der Waals surface area contributed by atoms with E-state index in [0.29, 0.717) is 0 Å². The van der Waals surface area contributed by atoms with Crippen molar-refractivity contribution in [1.29, 1.82) is 0 Å². The van der Waals surface area contributed by atoms with Crippen LogP contribution in [0.4, 0.5) is 0 Å². The first-order chi connectivity index (χ1) is 9.93. The number of aliphatic hydroxyl groups excluding tert-OH is 3. The molecule has 23 heavy (non-hydrogen) atoms. The van der Waals surface area contributed by atoms with Crippen LogP contribution in [0.5, 0.6) is 0 Å². The summed E-state index contributed by atoms with van der Waals surface area (Å²) in [5, 5.41) is 39.1. The molecule has 7 N–H and O–H groups in total. The van der Waals surface area contributed by atoms with Crippen LogP contribution in [0.3, 0.4) is 0 Å². The molecule has 0 radical (unpaired) electrons. The van der Waals surface area contributed by atoms with Crippen LogP contribution in [0, 0.1) is 6.92 Å². The SMILES string of the molecule is Cc1cc[c]([Sb]2[O]C(CO)C(C(O)C(O)C(=O)[O-])[O]2)cc1.O.O. The molecule has 1 aliphatic heterocycles. The second-order valence-corrected chi connectivity index (χ2v) is 8.89. The third kappa shape index (κ3) is 5.10. The van der Waals surface area contributed by atoms with Gasteiger partial charge in [0, 0.05) is 0 Å². The summed E-state index contributed by atoms with van der Waals surface area (Å²) in [4.78, 5) is 10.6. The molecule has 0 amide bonds. The zero-order chi connectivity index (χ0) is 15.6. The predicted octanol–water partition coefficient (Wildman–Crippen LogP) is -4.71. The van der Waals surface area contributed by atoms with E-state index in [9.17, 15) is 25.2 Å². The van der Waals surface area contributed by atoms with E-state index < -0.39 is 58.0 Å². The Kier molecular flexibility index (Phi) is 9.19. The van der Waals surface area contributed by atoms with Gasteiger partial charge in [0.2, 0.25) is 0 Å². The first-order valence-corrected chi connectivity index (χ1v) is 9.68. The molecule has 1 aliphatic rings. The second kappa shape index (κ2) is 9.51. The fraction of sp³-hybridized carbons (Fsp3) is 0.462. The van der Waals surface area contributed by atoms with E-state index in [0.717, 1.165) is 9.07 Å². The summed E-state index contributed by atoms with van der Waals surface area (Å²) < 4.78 is 12.1. The van der Waals surface area contributed by atoms with Crippen LogP contribution in [0.2, 0.25) is 0 Å². The van der Waals surface area contributed by atoms with E-state index in [1.807, 2.05) is 31.2 Å². The number of carboxylic acids is 1. The second-order valence-electron chi connectivity index (χ2n) is 4.74. The van der Waals surface area contributed by atoms with Crippen LogP contribution in [-0.2, 0) is 10.8 Å². The number of hydrogen-bond acceptors (Lipinski definition) is 7. The van der Waals surface area contributed by atoms with Crippen LogP contribution in [-0.4, -0.2) is 84.3 Å². The monoisotopic (exact) mass is 441 g/mol. The molecule has 0 saturated carbocycles. The fourth-order valence-corrected chi connectivity index (χ4v) is 6.48. The maximum atomic E-state index is 10.6. The van der Waals surface area contributed by atoms with E-state index in [1.54, 1.807) is 0 Å². The van der Waals surface area contributed by atoms with Crippen molar-refractivity contribution in [3.8, 4) is 0 Å². The summed E-state index contributed by atoms with van der Waals surface area (Å²) in [7, 11) is 0. The molecule has 4 unspecified atom stereocenters. The molecule has 0 spiro atoms. The maximum absolute atomic E-state index is 10.6. The standard InChI is InChI=1S/C7H7.C6H10O7.2H2O.Sb/c1-7-5-3-2-4-6-7;7-1-2(8)3(9)4(10)5(11)6(12)13;;;/h3-6H,1H3;2-5,7,10-11H,1H2,(H,12,13);2*1H2;/q;-2;;;+2/p-1. The third-order valence-electron chi connectivity index (χ3n) is 3.14. The van der Waals surface area contributed by atoms with E-state index in [-0.39, 0.29) is 11.0 Å². The molecule has 4 atom stereocenters. The minimum atomic E-state index is -2.85. The Morgan fingerprint density at radius 1 is 1.26 bits per heavy atom. The fourth-order valence-electron chi connectivity index (χ4n) is 1.91. The van der Waals surface area contributed by atoms with Crippen LogP contribution >= 0.6 is 0 Å². The molecule has 0 aliphatic carbocycles. The Morgan fingerprint density at radius 2 is 1.83 bits per heavy atom. The van der Waals surface area contributed by atoms with Gasteiger partial charge in [0.1, 0.15) is 0 Å². The van der Waals surface area contributed by atoms with Crippen molar-refractivity contribution >= 4 is 30.5 Å². The first-order valence-electron chi connectivity index (χ1n) is 6.32. The van der Waals surface area contributed by atoms with Crippen molar-refractivity contribution in [3.05, 3.63) is 29.8 Å². The number of aliphatic carboxylic acids is 1. The quantitative estimate of drug-likeness (QED) is 0.383. The van der Waals surface area contributed by atoms with E-state index in [4.69, 9.17) is 6.03 Å². The van der Waals surface area contributed by atoms with Crippen molar-refractivity contribution in [2.75, 3.05) is 6.61 Å². The topological polar surface area (TPSA) is 182 Å². The molecule has 9 nitrogen and oxygen atoms in total. The van der Waals surface area contributed by atoms with Crippen molar-refractivity contribution in [1.82, 2.24) is 0 Å². The van der Waals surface area contributed by atoms with E-state index in [1.165, 1.54) is 0 Å². The zero-order valence-corrected chi connectivity index (χ0v) is 14.8. The Labute approximate surface area is 140 Å². The summed E-state index contributed by atoms with van der Waals surface area (Å²) in [6, 6.07) is 7.47. The molecule has 0 bridgehead atoms. The summed E-state index contributed by atoms with van der Waals surface area (Å²) in [5.74, 6) is -1.80. The molecule has 1 heterocycles. The Bertz CT molecular complexity index is 495. The third-order valence-corrected chi connectivity index (χ3v) is 7.76. The molecule has 1 saturated heterocycles. The van der Waals surface area contributed by atoms with Crippen molar-refractivity contribution in [2.45, 2.75) is 31.3 Å². The molecular formula is C13H20O9Sb-. The van der Waals surface area contributed by atoms with Crippen LogP contribution in [0.1, 0.15) is 5.56 Å². The van der Waals surface area contributed by atoms with Crippen LogP contribution in [0.15, 0.2) is 24.3 Å². The number of carbonyl (C=O) groups excluding carboxylic acids is 1. The Morgan fingerprint density at radius 3 is 2.30 bits per heavy atom. The van der Waals surface area contributed by atoms with Gasteiger partial charge < -0.3 is 11.0 Å². The Balaban J connectivity index is 0.00000242. The molecule has 1 aromatic rings. The van der Waals surface area contributed by atoms with Gasteiger partial charge in [0.05, 0.1) is 0 Å². The molecule has 2 rings (SSSR count). The maximum Gasteiger partial charge on any atom is -0.412 e. The minimum Gasteiger partial charge on any atom is -0.412 e. The van der Waals surface area contributed by atoms with Gasteiger partial charge in [-0.2, -0.15) is 0 Å². The van der Waals surface area contributed by atoms with Gasteiger partial charge in [-0.15, -0.1) is 0 Å². The average Bonchev–Trinajstić information content (AvgIpc) is 2.90. The van der Waals surface area contributed by atoms with E-state index >= 15 is 0 Å². The van der Waals surface area contributed by atoms with Crippen molar-refractivity contribution < 1.29 is 42.2 Å². The first kappa shape index (κ1) is 22.2. The summed E-state index contributed by atoms with van der Waals surface area (Å²) in [5.41, 5.74) is 1.07. The average molecular weight is 442 g/mol. The minimum absolute atomic E-state index is 0. The van der Waals surface area contributed by atoms with Gasteiger partial charge in [-0.1, -0.05) is 0 Å². The van der Waals surface area contributed by atoms with Gasteiger partial charge in [-0.25, -0.2) is 0 Å². The molecule has 132 valence electrons. The van der Waals surface area contributed by atoms with Crippen molar-refractivity contribution in [2.24, 2.45) is 0 Å². The largest absolute Gasteiger partial charge is 0.412 e. The van der Waals surface area contributed by atoms with Gasteiger partial charge in [-0.3, -0.25) is 0 Å². The number of carboxylic acid groups (broad SMARTS) is 1. The molecule has 1 fully saturated rings. The molecular weight excluding hydrogens is 422 g/mol. The normalized spacial score (nSPS) is 23.5.